The Labute approximate surface area is 253 Å². The molecule has 10 nitrogen and oxygen atoms in total. The quantitative estimate of drug-likeness (QED) is 0.0938. The van der Waals surface area contributed by atoms with Gasteiger partial charge in [-0.3, -0.25) is 9.35 Å². The van der Waals surface area contributed by atoms with Gasteiger partial charge < -0.3 is 24.3 Å². The lowest BCUT2D eigenvalue weighted by atomic mass is 10.0. The van der Waals surface area contributed by atoms with Crippen LogP contribution in [-0.2, 0) is 35.7 Å². The Morgan fingerprint density at radius 1 is 1.02 bits per heavy atom. The van der Waals surface area contributed by atoms with E-state index in [4.69, 9.17) is 18.9 Å². The summed E-state index contributed by atoms with van der Waals surface area (Å²) in [4.78, 5) is 16.3. The second kappa shape index (κ2) is 15.1. The van der Waals surface area contributed by atoms with E-state index < -0.39 is 27.3 Å². The van der Waals surface area contributed by atoms with E-state index in [1.165, 1.54) is 6.92 Å². The molecule has 0 aliphatic carbocycles. The van der Waals surface area contributed by atoms with Gasteiger partial charge in [0.15, 0.2) is 6.29 Å². The van der Waals surface area contributed by atoms with Gasteiger partial charge in [0.25, 0.3) is 10.1 Å². The van der Waals surface area contributed by atoms with Crippen molar-refractivity contribution in [3.8, 4) is 5.75 Å². The number of hydrogen-bond donors (Lipinski definition) is 2. The summed E-state index contributed by atoms with van der Waals surface area (Å²) in [6, 6.07) is 18.0. The smallest absolute Gasteiger partial charge is 0.325 e. The maximum absolute atomic E-state index is 12.0. The number of ether oxygens (including phenoxy) is 4. The number of carbonyl (C=O) groups is 1. The molecule has 0 spiro atoms. The summed E-state index contributed by atoms with van der Waals surface area (Å²) in [6.45, 7) is 13.5. The van der Waals surface area contributed by atoms with E-state index >= 15 is 0 Å². The zero-order valence-electron chi connectivity index (χ0n) is 25.2. The fraction of sp³-hybridized carbons (Fsp3) is 0.375. The normalized spacial score (nSPS) is 13.2. The van der Waals surface area contributed by atoms with Crippen LogP contribution in [0.3, 0.4) is 0 Å². The van der Waals surface area contributed by atoms with Crippen molar-refractivity contribution in [2.45, 2.75) is 58.4 Å². The van der Waals surface area contributed by atoms with E-state index in [-0.39, 0.29) is 32.3 Å². The first-order valence-electron chi connectivity index (χ1n) is 13.8. The second-order valence-electron chi connectivity index (χ2n) is 10.8. The molecule has 0 bridgehead atoms. The third kappa shape index (κ3) is 10.8. The summed E-state index contributed by atoms with van der Waals surface area (Å²) in [7, 11) is -4.22. The Bertz CT molecular complexity index is 1480. The van der Waals surface area contributed by atoms with Crippen molar-refractivity contribution < 1.29 is 36.7 Å². The third-order valence-electron chi connectivity index (χ3n) is 6.23. The van der Waals surface area contributed by atoms with Gasteiger partial charge >= 0.3 is 5.97 Å². The first-order valence-corrected chi connectivity index (χ1v) is 15.4. The fourth-order valence-electron chi connectivity index (χ4n) is 4.08. The minimum Gasteiger partial charge on any atom is -0.465 e. The minimum atomic E-state index is -4.22. The van der Waals surface area contributed by atoms with Gasteiger partial charge in [-0.2, -0.15) is 8.42 Å². The van der Waals surface area contributed by atoms with Crippen LogP contribution in [0, 0.1) is 0 Å². The van der Waals surface area contributed by atoms with Crippen molar-refractivity contribution in [3.63, 3.8) is 0 Å². The van der Waals surface area contributed by atoms with Crippen molar-refractivity contribution in [3.05, 3.63) is 95.7 Å². The Morgan fingerprint density at radius 3 is 2.40 bits per heavy atom. The third-order valence-corrected chi connectivity index (χ3v) is 7.38. The van der Waals surface area contributed by atoms with Crippen LogP contribution in [-0.4, -0.2) is 55.6 Å². The minimum absolute atomic E-state index is 0.00467. The van der Waals surface area contributed by atoms with Gasteiger partial charge in [-0.05, 0) is 69.5 Å². The average Bonchev–Trinajstić information content (AvgIpc) is 2.94. The molecule has 2 N–H and O–H groups in total. The number of hydrogen-bond acceptors (Lipinski definition) is 9. The molecule has 0 saturated heterocycles. The van der Waals surface area contributed by atoms with Crippen molar-refractivity contribution in [1.82, 2.24) is 4.98 Å². The highest BCUT2D eigenvalue weighted by Crippen LogP contribution is 2.31. The molecule has 2 aromatic carbocycles. The molecule has 1 aromatic heterocycles. The van der Waals surface area contributed by atoms with Crippen molar-refractivity contribution in [2.24, 2.45) is 0 Å². The highest BCUT2D eigenvalue weighted by Gasteiger charge is 2.22. The maximum atomic E-state index is 12.0. The largest absolute Gasteiger partial charge is 0.465 e. The number of pyridine rings is 1. The lowest BCUT2D eigenvalue weighted by Crippen LogP contribution is -2.28. The molecule has 2 unspecified atom stereocenters. The number of carbonyl (C=O) groups excluding carboxylic acids is 1. The van der Waals surface area contributed by atoms with Crippen molar-refractivity contribution in [1.29, 1.82) is 0 Å². The van der Waals surface area contributed by atoms with E-state index in [2.05, 4.69) is 16.9 Å². The van der Waals surface area contributed by atoms with Crippen LogP contribution >= 0.6 is 0 Å². The topological polar surface area (TPSA) is 133 Å². The second-order valence-corrected chi connectivity index (χ2v) is 12.5. The number of rotatable bonds is 15. The number of aromatic nitrogens is 1. The van der Waals surface area contributed by atoms with Crippen LogP contribution in [0.25, 0.3) is 5.57 Å². The summed E-state index contributed by atoms with van der Waals surface area (Å²) in [5.41, 5.74) is 2.86. The van der Waals surface area contributed by atoms with Crippen molar-refractivity contribution in [2.75, 3.05) is 25.1 Å². The standard InChI is InChI=1S/C32H40N2O8S/c1-22(25-15-16-30(33-19-25)34-20-31(35)42-32(4,5)6)27-12-9-10-14-29(27)41-24(3)40-18-17-39-21-26-11-7-8-13-28(26)23(2)43(36,37)38/h7-16,19,23-24H,1,17-18,20-21H2,2-6H3,(H,33,34)(H,36,37,38). The van der Waals surface area contributed by atoms with Gasteiger partial charge in [0, 0.05) is 17.3 Å². The van der Waals surface area contributed by atoms with Crippen LogP contribution in [0.1, 0.15) is 62.1 Å². The molecule has 3 rings (SSSR count). The molecule has 0 amide bonds. The summed E-state index contributed by atoms with van der Waals surface area (Å²) in [5.74, 6) is 0.751. The van der Waals surface area contributed by atoms with Gasteiger partial charge in [-0.15, -0.1) is 0 Å². The molecule has 232 valence electrons. The zero-order chi connectivity index (χ0) is 31.6. The number of esters is 1. The predicted molar refractivity (Wildman–Crippen MR) is 165 cm³/mol. The lowest BCUT2D eigenvalue weighted by Gasteiger charge is -2.20. The van der Waals surface area contributed by atoms with E-state index in [0.717, 1.165) is 11.1 Å². The molecule has 0 radical (unpaired) electrons. The van der Waals surface area contributed by atoms with Crippen molar-refractivity contribution >= 4 is 27.5 Å². The molecule has 43 heavy (non-hydrogen) atoms. The first kappa shape index (κ1) is 33.7. The Morgan fingerprint density at radius 2 is 1.72 bits per heavy atom. The van der Waals surface area contributed by atoms with E-state index in [1.807, 2.05) is 51.1 Å². The molecule has 0 aliphatic rings. The number of para-hydroxylation sites is 1. The van der Waals surface area contributed by atoms with Crippen LogP contribution in [0.5, 0.6) is 5.75 Å². The van der Waals surface area contributed by atoms with Gasteiger partial charge in [-0.25, -0.2) is 4.98 Å². The maximum Gasteiger partial charge on any atom is 0.325 e. The Balaban J connectivity index is 1.51. The van der Waals surface area contributed by atoms with Crippen LogP contribution in [0.4, 0.5) is 5.82 Å². The molecule has 1 heterocycles. The highest BCUT2D eigenvalue weighted by molar-refractivity contribution is 7.86. The summed E-state index contributed by atoms with van der Waals surface area (Å²) >= 11 is 0. The molecular formula is C32H40N2O8S. The molecule has 3 aromatic rings. The summed E-state index contributed by atoms with van der Waals surface area (Å²) in [5, 5.41) is 1.91. The van der Waals surface area contributed by atoms with Gasteiger partial charge in [0.2, 0.25) is 0 Å². The number of nitrogens with zero attached hydrogens (tertiary/aromatic N) is 1. The number of nitrogens with one attached hydrogen (secondary N) is 1. The van der Waals surface area contributed by atoms with E-state index in [9.17, 15) is 17.8 Å². The zero-order valence-corrected chi connectivity index (χ0v) is 26.0. The molecule has 0 fully saturated rings. The van der Waals surface area contributed by atoms with E-state index in [0.29, 0.717) is 28.3 Å². The summed E-state index contributed by atoms with van der Waals surface area (Å²) in [6.07, 6.45) is 1.07. The fourth-order valence-corrected chi connectivity index (χ4v) is 4.63. The molecule has 11 heteroatoms. The van der Waals surface area contributed by atoms with Crippen LogP contribution in [0.15, 0.2) is 73.4 Å². The SMILES string of the molecule is C=C(c1ccc(NCC(=O)OC(C)(C)C)nc1)c1ccccc1OC(C)OCCOCc1ccccc1C(C)S(=O)(=O)O. The van der Waals surface area contributed by atoms with Crippen LogP contribution < -0.4 is 10.1 Å². The van der Waals surface area contributed by atoms with Gasteiger partial charge in [0.05, 0.1) is 19.8 Å². The lowest BCUT2D eigenvalue weighted by molar-refractivity contribution is -0.152. The van der Waals surface area contributed by atoms with Crippen LogP contribution in [0.2, 0.25) is 0 Å². The molecule has 0 aliphatic heterocycles. The first-order chi connectivity index (χ1) is 20.2. The van der Waals surface area contributed by atoms with Gasteiger partial charge in [0.1, 0.15) is 29.0 Å². The average molecular weight is 613 g/mol. The molecular weight excluding hydrogens is 572 g/mol. The Kier molecular flexibility index (Phi) is 11.8. The Hall–Kier alpha value is -3.77. The van der Waals surface area contributed by atoms with E-state index in [1.54, 1.807) is 43.5 Å². The monoisotopic (exact) mass is 612 g/mol. The number of anilines is 1. The molecule has 2 atom stereocenters. The predicted octanol–water partition coefficient (Wildman–Crippen LogP) is 5.80. The number of benzene rings is 2. The van der Waals surface area contributed by atoms with Gasteiger partial charge in [-0.1, -0.05) is 49.0 Å². The summed E-state index contributed by atoms with van der Waals surface area (Å²) < 4.78 is 55.4. The highest BCUT2D eigenvalue weighted by atomic mass is 32.2. The molecule has 0 saturated carbocycles.